The van der Waals surface area contributed by atoms with Crippen molar-refractivity contribution in [3.63, 3.8) is 0 Å². The second-order valence-electron chi connectivity index (χ2n) is 4.68. The molecule has 0 bridgehead atoms. The van der Waals surface area contributed by atoms with Crippen LogP contribution in [0.25, 0.3) is 0 Å². The van der Waals surface area contributed by atoms with Crippen LogP contribution in [0.3, 0.4) is 0 Å². The Labute approximate surface area is 93.2 Å². The van der Waals surface area contributed by atoms with Crippen molar-refractivity contribution >= 4 is 5.71 Å². The molecule has 0 radical (unpaired) electrons. The molecular formula is C14H21N. The highest BCUT2D eigenvalue weighted by Gasteiger charge is 2.23. The first kappa shape index (κ1) is 12.0. The second kappa shape index (κ2) is 4.61. The molecule has 82 valence electrons. The third kappa shape index (κ3) is 2.68. The number of benzene rings is 1. The van der Waals surface area contributed by atoms with Gasteiger partial charge in [0.05, 0.1) is 0 Å². The largest absolute Gasteiger partial charge is 0.292 e. The topological polar surface area (TPSA) is 12.4 Å². The van der Waals surface area contributed by atoms with Crippen molar-refractivity contribution in [2.75, 3.05) is 7.05 Å². The average molecular weight is 203 g/mol. The van der Waals surface area contributed by atoms with E-state index in [1.807, 2.05) is 7.05 Å². The van der Waals surface area contributed by atoms with Crippen LogP contribution in [-0.2, 0) is 0 Å². The lowest BCUT2D eigenvalue weighted by molar-refractivity contribution is 0.503. The lowest BCUT2D eigenvalue weighted by Gasteiger charge is -2.25. The van der Waals surface area contributed by atoms with Crippen LogP contribution in [-0.4, -0.2) is 12.8 Å². The predicted molar refractivity (Wildman–Crippen MR) is 67.7 cm³/mol. The van der Waals surface area contributed by atoms with Crippen LogP contribution in [0.1, 0.15) is 38.3 Å². The SMILES string of the molecule is CCC(C)(C)C(=NC)c1ccc(C)cc1. The Bertz CT molecular complexity index is 344. The highest BCUT2D eigenvalue weighted by Crippen LogP contribution is 2.26. The fraction of sp³-hybridized carbons (Fsp3) is 0.500. The molecule has 1 rings (SSSR count). The lowest BCUT2D eigenvalue weighted by atomic mass is 9.81. The minimum absolute atomic E-state index is 0.157. The van der Waals surface area contributed by atoms with E-state index in [1.54, 1.807) is 0 Å². The number of rotatable bonds is 3. The van der Waals surface area contributed by atoms with E-state index in [0.29, 0.717) is 0 Å². The summed E-state index contributed by atoms with van der Waals surface area (Å²) in [6, 6.07) is 8.61. The van der Waals surface area contributed by atoms with E-state index in [1.165, 1.54) is 16.8 Å². The molecule has 1 aromatic carbocycles. The molecule has 1 heteroatoms. The summed E-state index contributed by atoms with van der Waals surface area (Å²) < 4.78 is 0. The lowest BCUT2D eigenvalue weighted by Crippen LogP contribution is -2.24. The van der Waals surface area contributed by atoms with Crippen LogP contribution >= 0.6 is 0 Å². The smallest absolute Gasteiger partial charge is 0.0473 e. The molecule has 0 aromatic heterocycles. The van der Waals surface area contributed by atoms with E-state index in [9.17, 15) is 0 Å². The van der Waals surface area contributed by atoms with Gasteiger partial charge in [0, 0.05) is 18.2 Å². The number of aryl methyl sites for hydroxylation is 1. The van der Waals surface area contributed by atoms with E-state index >= 15 is 0 Å². The highest BCUT2D eigenvalue weighted by atomic mass is 14.7. The zero-order valence-corrected chi connectivity index (χ0v) is 10.5. The summed E-state index contributed by atoms with van der Waals surface area (Å²) in [7, 11) is 1.88. The van der Waals surface area contributed by atoms with E-state index < -0.39 is 0 Å². The van der Waals surface area contributed by atoms with Crippen molar-refractivity contribution in [2.45, 2.75) is 34.1 Å². The zero-order valence-electron chi connectivity index (χ0n) is 10.5. The summed E-state index contributed by atoms with van der Waals surface area (Å²) >= 11 is 0. The molecule has 1 nitrogen and oxygen atoms in total. The molecule has 0 aliphatic rings. The maximum atomic E-state index is 4.45. The molecule has 0 aliphatic carbocycles. The Morgan fingerprint density at radius 2 is 1.73 bits per heavy atom. The van der Waals surface area contributed by atoms with Gasteiger partial charge in [-0.3, -0.25) is 4.99 Å². The fourth-order valence-electron chi connectivity index (χ4n) is 1.70. The second-order valence-corrected chi connectivity index (χ2v) is 4.68. The average Bonchev–Trinajstić information content (AvgIpc) is 2.22. The Morgan fingerprint density at radius 1 is 1.20 bits per heavy atom. The van der Waals surface area contributed by atoms with E-state index in [-0.39, 0.29) is 5.41 Å². The van der Waals surface area contributed by atoms with Gasteiger partial charge in [0.1, 0.15) is 0 Å². The first-order valence-corrected chi connectivity index (χ1v) is 5.55. The molecule has 0 unspecified atom stereocenters. The van der Waals surface area contributed by atoms with Crippen molar-refractivity contribution in [3.05, 3.63) is 35.4 Å². The normalized spacial score (nSPS) is 13.0. The van der Waals surface area contributed by atoms with Gasteiger partial charge in [-0.1, -0.05) is 50.6 Å². The first-order valence-electron chi connectivity index (χ1n) is 5.55. The van der Waals surface area contributed by atoms with Gasteiger partial charge in [-0.05, 0) is 18.9 Å². The zero-order chi connectivity index (χ0) is 11.5. The number of aliphatic imine (C=N–C) groups is 1. The number of hydrogen-bond acceptors (Lipinski definition) is 1. The minimum atomic E-state index is 0.157. The van der Waals surface area contributed by atoms with E-state index in [4.69, 9.17) is 0 Å². The van der Waals surface area contributed by atoms with Crippen molar-refractivity contribution in [2.24, 2.45) is 10.4 Å². The molecule has 0 N–H and O–H groups in total. The number of hydrogen-bond donors (Lipinski definition) is 0. The third-order valence-corrected chi connectivity index (χ3v) is 3.07. The molecule has 15 heavy (non-hydrogen) atoms. The standard InChI is InChI=1S/C14H21N/c1-6-14(3,4)13(15-5)12-9-7-11(2)8-10-12/h7-10H,6H2,1-5H3. The molecule has 0 amide bonds. The van der Waals surface area contributed by atoms with Crippen molar-refractivity contribution in [1.29, 1.82) is 0 Å². The van der Waals surface area contributed by atoms with Gasteiger partial charge < -0.3 is 0 Å². The van der Waals surface area contributed by atoms with Crippen LogP contribution in [0.15, 0.2) is 29.3 Å². The molecule has 0 fully saturated rings. The highest BCUT2D eigenvalue weighted by molar-refractivity contribution is 6.04. The van der Waals surface area contributed by atoms with Crippen LogP contribution < -0.4 is 0 Å². The molecule has 0 spiro atoms. The van der Waals surface area contributed by atoms with Gasteiger partial charge in [0.15, 0.2) is 0 Å². The molecule has 0 atom stereocenters. The molecular weight excluding hydrogens is 182 g/mol. The van der Waals surface area contributed by atoms with Crippen molar-refractivity contribution in [3.8, 4) is 0 Å². The van der Waals surface area contributed by atoms with Crippen LogP contribution in [0, 0.1) is 12.3 Å². The predicted octanol–water partition coefficient (Wildman–Crippen LogP) is 3.85. The Hall–Kier alpha value is -1.11. The van der Waals surface area contributed by atoms with E-state index in [0.717, 1.165) is 6.42 Å². The third-order valence-electron chi connectivity index (χ3n) is 3.07. The maximum absolute atomic E-state index is 4.45. The van der Waals surface area contributed by atoms with Crippen LogP contribution in [0.4, 0.5) is 0 Å². The quantitative estimate of drug-likeness (QED) is 0.662. The molecule has 0 saturated carbocycles. The van der Waals surface area contributed by atoms with Gasteiger partial charge in [-0.15, -0.1) is 0 Å². The molecule has 0 heterocycles. The fourth-order valence-corrected chi connectivity index (χ4v) is 1.70. The van der Waals surface area contributed by atoms with Crippen LogP contribution in [0.5, 0.6) is 0 Å². The van der Waals surface area contributed by atoms with Gasteiger partial charge in [-0.25, -0.2) is 0 Å². The maximum Gasteiger partial charge on any atom is 0.0473 e. The van der Waals surface area contributed by atoms with Crippen molar-refractivity contribution in [1.82, 2.24) is 0 Å². The Kier molecular flexibility index (Phi) is 3.67. The summed E-state index contributed by atoms with van der Waals surface area (Å²) in [5.41, 5.74) is 3.90. The summed E-state index contributed by atoms with van der Waals surface area (Å²) in [4.78, 5) is 4.45. The Morgan fingerprint density at radius 3 is 2.13 bits per heavy atom. The van der Waals surface area contributed by atoms with Crippen molar-refractivity contribution < 1.29 is 0 Å². The minimum Gasteiger partial charge on any atom is -0.292 e. The summed E-state index contributed by atoms with van der Waals surface area (Å²) in [5, 5.41) is 0. The Balaban J connectivity index is 3.10. The summed E-state index contributed by atoms with van der Waals surface area (Å²) in [6.07, 6.45) is 1.10. The van der Waals surface area contributed by atoms with Gasteiger partial charge in [0.25, 0.3) is 0 Å². The monoisotopic (exact) mass is 203 g/mol. The summed E-state index contributed by atoms with van der Waals surface area (Å²) in [6.45, 7) is 8.81. The summed E-state index contributed by atoms with van der Waals surface area (Å²) in [5.74, 6) is 0. The number of nitrogens with zero attached hydrogens (tertiary/aromatic N) is 1. The van der Waals surface area contributed by atoms with E-state index in [2.05, 4.69) is 57.0 Å². The molecule has 1 aromatic rings. The molecule has 0 saturated heterocycles. The van der Waals surface area contributed by atoms with Gasteiger partial charge in [-0.2, -0.15) is 0 Å². The first-order chi connectivity index (χ1) is 7.01. The van der Waals surface area contributed by atoms with Gasteiger partial charge >= 0.3 is 0 Å². The van der Waals surface area contributed by atoms with Crippen LogP contribution in [0.2, 0.25) is 0 Å². The van der Waals surface area contributed by atoms with Gasteiger partial charge in [0.2, 0.25) is 0 Å². The molecule has 0 aliphatic heterocycles.